The van der Waals surface area contributed by atoms with Crippen LogP contribution in [-0.4, -0.2) is 37.3 Å². The molecule has 7 nitrogen and oxygen atoms in total. The Hall–Kier alpha value is -3.35. The van der Waals surface area contributed by atoms with E-state index in [1.165, 1.54) is 4.90 Å². The third-order valence-electron chi connectivity index (χ3n) is 5.44. The Morgan fingerprint density at radius 3 is 2.34 bits per heavy atom. The number of nitrogens with zero attached hydrogens (tertiary/aromatic N) is 2. The molecule has 2 aromatic carbocycles. The first kappa shape index (κ1) is 19.0. The van der Waals surface area contributed by atoms with E-state index in [0.717, 1.165) is 16.7 Å². The number of rotatable bonds is 4. The number of para-hydroxylation sites is 1. The Morgan fingerprint density at radius 1 is 1.00 bits per heavy atom. The van der Waals surface area contributed by atoms with Crippen LogP contribution >= 0.6 is 0 Å². The quantitative estimate of drug-likeness (QED) is 0.745. The number of aryl methyl sites for hydroxylation is 2. The van der Waals surface area contributed by atoms with Gasteiger partial charge in [-0.1, -0.05) is 23.4 Å². The van der Waals surface area contributed by atoms with Gasteiger partial charge in [-0.25, -0.2) is 4.90 Å². The van der Waals surface area contributed by atoms with Crippen LogP contribution in [0.15, 0.2) is 41.6 Å². The van der Waals surface area contributed by atoms with Gasteiger partial charge in [0.1, 0.15) is 0 Å². The number of carbonyl (C=O) groups excluding carboxylic acids is 2. The maximum Gasteiger partial charge on any atom is 0.281 e. The molecule has 29 heavy (non-hydrogen) atoms. The molecule has 7 heteroatoms. The fourth-order valence-corrected chi connectivity index (χ4v) is 3.96. The van der Waals surface area contributed by atoms with E-state index in [0.29, 0.717) is 22.9 Å². The topological polar surface area (TPSA) is 77.4 Å². The second-order valence-electron chi connectivity index (χ2n) is 7.32. The number of hydrogen-bond donors (Lipinski definition) is 0. The highest BCUT2D eigenvalue weighted by Gasteiger charge is 2.58. The zero-order valence-electron chi connectivity index (χ0n) is 16.8. The fourth-order valence-electron chi connectivity index (χ4n) is 3.96. The van der Waals surface area contributed by atoms with Crippen LogP contribution in [0.1, 0.15) is 29.5 Å². The summed E-state index contributed by atoms with van der Waals surface area (Å²) >= 11 is 0. The van der Waals surface area contributed by atoms with E-state index in [-0.39, 0.29) is 24.7 Å². The molecule has 0 radical (unpaired) electrons. The minimum Gasteiger partial charge on any atom is -0.493 e. The number of anilines is 1. The maximum absolute atomic E-state index is 13.3. The zero-order chi connectivity index (χ0) is 20.8. The second-order valence-corrected chi connectivity index (χ2v) is 7.32. The summed E-state index contributed by atoms with van der Waals surface area (Å²) < 4.78 is 10.6. The van der Waals surface area contributed by atoms with Gasteiger partial charge in [-0.05, 0) is 43.2 Å². The van der Waals surface area contributed by atoms with E-state index < -0.39 is 5.60 Å². The van der Waals surface area contributed by atoms with Crippen LogP contribution in [-0.2, 0) is 14.4 Å². The zero-order valence-corrected chi connectivity index (χ0v) is 16.8. The van der Waals surface area contributed by atoms with Crippen LogP contribution in [0.5, 0.6) is 11.5 Å². The highest BCUT2D eigenvalue weighted by molar-refractivity contribution is 6.26. The van der Waals surface area contributed by atoms with Crippen LogP contribution in [0.2, 0.25) is 0 Å². The van der Waals surface area contributed by atoms with Gasteiger partial charge in [0.25, 0.3) is 5.91 Å². The van der Waals surface area contributed by atoms with Crippen LogP contribution < -0.4 is 14.4 Å². The van der Waals surface area contributed by atoms with Gasteiger partial charge >= 0.3 is 0 Å². The van der Waals surface area contributed by atoms with Gasteiger partial charge in [0.15, 0.2) is 11.5 Å². The smallest absolute Gasteiger partial charge is 0.281 e. The van der Waals surface area contributed by atoms with E-state index >= 15 is 0 Å². The lowest BCUT2D eigenvalue weighted by atomic mass is 9.92. The van der Waals surface area contributed by atoms with Gasteiger partial charge in [0.05, 0.1) is 32.0 Å². The van der Waals surface area contributed by atoms with Crippen molar-refractivity contribution in [3.8, 4) is 11.5 Å². The van der Waals surface area contributed by atoms with Crippen molar-refractivity contribution < 1.29 is 23.9 Å². The van der Waals surface area contributed by atoms with Crippen molar-refractivity contribution in [2.75, 3.05) is 19.1 Å². The number of imide groups is 1. The first-order valence-electron chi connectivity index (χ1n) is 9.31. The first-order valence-corrected chi connectivity index (χ1v) is 9.31. The monoisotopic (exact) mass is 394 g/mol. The molecule has 0 aromatic heterocycles. The normalized spacial score (nSPS) is 20.8. The Kier molecular flexibility index (Phi) is 4.53. The highest BCUT2D eigenvalue weighted by Crippen LogP contribution is 2.41. The van der Waals surface area contributed by atoms with Crippen LogP contribution in [0.4, 0.5) is 5.69 Å². The number of amides is 2. The lowest BCUT2D eigenvalue weighted by molar-refractivity contribution is -0.136. The van der Waals surface area contributed by atoms with Crippen molar-refractivity contribution in [1.29, 1.82) is 0 Å². The summed E-state index contributed by atoms with van der Waals surface area (Å²) in [7, 11) is 3.12. The summed E-state index contributed by atoms with van der Waals surface area (Å²) in [5.41, 5.74) is 2.41. The molecule has 150 valence electrons. The molecule has 2 aliphatic rings. The summed E-state index contributed by atoms with van der Waals surface area (Å²) in [5, 5.41) is 4.15. The van der Waals surface area contributed by atoms with E-state index in [1.54, 1.807) is 26.4 Å². The molecule has 2 heterocycles. The summed E-state index contributed by atoms with van der Waals surface area (Å²) in [6, 6.07) is 11.0. The predicted octanol–water partition coefficient (Wildman–Crippen LogP) is 3.15. The fraction of sp³-hybridized carbons (Fsp3) is 0.318. The molecular formula is C22H22N2O5. The van der Waals surface area contributed by atoms with Crippen molar-refractivity contribution in [1.82, 2.24) is 0 Å². The Labute approximate surface area is 168 Å². The highest BCUT2D eigenvalue weighted by atomic mass is 16.7. The minimum atomic E-state index is -1.30. The molecule has 2 amide bonds. The average molecular weight is 394 g/mol. The number of ether oxygens (including phenoxy) is 2. The van der Waals surface area contributed by atoms with Crippen molar-refractivity contribution in [3.63, 3.8) is 0 Å². The van der Waals surface area contributed by atoms with Gasteiger partial charge in [-0.3, -0.25) is 9.59 Å². The minimum absolute atomic E-state index is 0.0418. The average Bonchev–Trinajstić information content (AvgIpc) is 3.24. The van der Waals surface area contributed by atoms with E-state index in [1.807, 2.05) is 38.1 Å². The van der Waals surface area contributed by atoms with Crippen molar-refractivity contribution in [3.05, 3.63) is 53.1 Å². The van der Waals surface area contributed by atoms with Crippen molar-refractivity contribution in [2.45, 2.75) is 32.3 Å². The number of oxime groups is 1. The molecule has 0 aliphatic carbocycles. The SMILES string of the molecule is COc1ccc(C2=NO[C@]3(CC(=O)N(c4c(C)cccc4C)C3=O)C2)cc1OC. The lowest BCUT2D eigenvalue weighted by Gasteiger charge is -2.22. The summed E-state index contributed by atoms with van der Waals surface area (Å²) in [6.45, 7) is 3.77. The molecule has 1 fully saturated rings. The van der Waals surface area contributed by atoms with Crippen molar-refractivity contribution >= 4 is 23.2 Å². The van der Waals surface area contributed by atoms with Crippen LogP contribution in [0, 0.1) is 13.8 Å². The Balaban J connectivity index is 1.64. The summed E-state index contributed by atoms with van der Waals surface area (Å²) in [4.78, 5) is 33.0. The largest absolute Gasteiger partial charge is 0.493 e. The third-order valence-corrected chi connectivity index (χ3v) is 5.44. The van der Waals surface area contributed by atoms with E-state index in [9.17, 15) is 9.59 Å². The molecule has 0 N–H and O–H groups in total. The Morgan fingerprint density at radius 2 is 1.69 bits per heavy atom. The molecule has 0 unspecified atom stereocenters. The summed E-state index contributed by atoms with van der Waals surface area (Å²) in [6.07, 6.45) is 0.175. The molecule has 0 saturated carbocycles. The number of carbonyl (C=O) groups is 2. The summed E-state index contributed by atoms with van der Waals surface area (Å²) in [5.74, 6) is 0.494. The van der Waals surface area contributed by atoms with E-state index in [4.69, 9.17) is 14.3 Å². The number of methoxy groups -OCH3 is 2. The third kappa shape index (κ3) is 2.93. The van der Waals surface area contributed by atoms with Gasteiger partial charge in [0, 0.05) is 12.0 Å². The van der Waals surface area contributed by atoms with Crippen LogP contribution in [0.3, 0.4) is 0 Å². The molecule has 1 saturated heterocycles. The lowest BCUT2D eigenvalue weighted by Crippen LogP contribution is -2.41. The second kappa shape index (κ2) is 6.92. The van der Waals surface area contributed by atoms with Gasteiger partial charge in [-0.2, -0.15) is 0 Å². The van der Waals surface area contributed by atoms with Gasteiger partial charge in [0.2, 0.25) is 11.5 Å². The molecule has 4 rings (SSSR count). The molecular weight excluding hydrogens is 372 g/mol. The molecule has 2 aliphatic heterocycles. The van der Waals surface area contributed by atoms with Crippen LogP contribution in [0.25, 0.3) is 0 Å². The number of benzene rings is 2. The van der Waals surface area contributed by atoms with Crippen molar-refractivity contribution in [2.24, 2.45) is 5.16 Å². The predicted molar refractivity (Wildman–Crippen MR) is 108 cm³/mol. The molecule has 1 spiro atoms. The maximum atomic E-state index is 13.3. The molecule has 2 aromatic rings. The number of hydrogen-bond acceptors (Lipinski definition) is 6. The Bertz CT molecular complexity index is 1030. The van der Waals surface area contributed by atoms with Gasteiger partial charge < -0.3 is 14.3 Å². The standard InChI is InChI=1S/C22H22N2O5/c1-13-6-5-7-14(2)20(13)24-19(25)12-22(21(24)26)11-16(23-29-22)15-8-9-17(27-3)18(10-15)28-4/h5-10H,11-12H2,1-4H3/t22-/m0/s1. The molecule has 1 atom stereocenters. The van der Waals surface area contributed by atoms with Gasteiger partial charge in [-0.15, -0.1) is 0 Å². The molecule has 0 bridgehead atoms. The first-order chi connectivity index (χ1) is 13.9. The van der Waals surface area contributed by atoms with E-state index in [2.05, 4.69) is 5.16 Å².